The predicted molar refractivity (Wildman–Crippen MR) is 124 cm³/mol. The fourth-order valence-electron chi connectivity index (χ4n) is 4.08. The second-order valence-corrected chi connectivity index (χ2v) is 8.71. The zero-order chi connectivity index (χ0) is 23.6. The first-order chi connectivity index (χ1) is 15.2. The van der Waals surface area contributed by atoms with Crippen molar-refractivity contribution in [1.29, 1.82) is 0 Å². The van der Waals surface area contributed by atoms with Gasteiger partial charge in [-0.2, -0.15) is 0 Å². The Morgan fingerprint density at radius 2 is 2.06 bits per heavy atom. The Hall–Kier alpha value is -2.21. The number of fused-ring (bicyclic) bond motifs is 1. The molecule has 1 heterocycles. The van der Waals surface area contributed by atoms with Crippen LogP contribution in [0, 0.1) is 17.7 Å². The van der Waals surface area contributed by atoms with Gasteiger partial charge in [0, 0.05) is 24.6 Å². The van der Waals surface area contributed by atoms with E-state index >= 15 is 0 Å². The molecule has 0 aliphatic carbocycles. The van der Waals surface area contributed by atoms with Crippen molar-refractivity contribution < 1.29 is 28.3 Å². The van der Waals surface area contributed by atoms with Gasteiger partial charge < -0.3 is 19.3 Å². The molecule has 3 atom stereocenters. The first-order valence-electron chi connectivity index (χ1n) is 10.2. The van der Waals surface area contributed by atoms with E-state index in [-0.39, 0.29) is 42.3 Å². The van der Waals surface area contributed by atoms with Crippen LogP contribution in [0.15, 0.2) is 30.3 Å². The fraction of sp³-hybridized carbons (Fsp3) is 0.391. The molecule has 3 unspecified atom stereocenters. The maximum Gasteiger partial charge on any atom is 0.320 e. The number of ether oxygens (including phenoxy) is 1. The number of aliphatic hydroxyl groups is 1. The van der Waals surface area contributed by atoms with Crippen LogP contribution < -0.4 is 9.64 Å². The van der Waals surface area contributed by atoms with Gasteiger partial charge in [0.25, 0.3) is 0 Å². The first-order valence-corrected chi connectivity index (χ1v) is 11.0. The number of Topliss-reactive ketones (excluding diaryl/α,β-unsaturated/α-hetero) is 1. The molecule has 0 saturated carbocycles. The third-order valence-electron chi connectivity index (χ3n) is 5.84. The molecule has 0 amide bonds. The normalized spacial score (nSPS) is 16.7. The average Bonchev–Trinajstić information content (AvgIpc) is 2.77. The molecule has 1 aliphatic heterocycles. The lowest BCUT2D eigenvalue weighted by Crippen LogP contribution is -2.51. The van der Waals surface area contributed by atoms with Crippen molar-refractivity contribution in [1.82, 2.24) is 0 Å². The summed E-state index contributed by atoms with van der Waals surface area (Å²) in [4.78, 5) is 27.4. The Morgan fingerprint density at radius 1 is 1.34 bits per heavy atom. The summed E-state index contributed by atoms with van der Waals surface area (Å²) < 4.78 is 24.8. The van der Waals surface area contributed by atoms with Crippen LogP contribution in [0.25, 0.3) is 0 Å². The highest BCUT2D eigenvalue weighted by Gasteiger charge is 2.41. The van der Waals surface area contributed by atoms with Crippen LogP contribution in [-0.4, -0.2) is 43.2 Å². The molecule has 2 aromatic rings. The van der Waals surface area contributed by atoms with Gasteiger partial charge in [0.1, 0.15) is 17.5 Å². The number of rotatable bonds is 7. The van der Waals surface area contributed by atoms with Gasteiger partial charge in [-0.1, -0.05) is 37.6 Å². The Morgan fingerprint density at radius 3 is 2.66 bits per heavy atom. The van der Waals surface area contributed by atoms with Gasteiger partial charge in [-0.25, -0.2) is 4.39 Å². The molecule has 0 spiro atoms. The quantitative estimate of drug-likeness (QED) is 0.475. The molecule has 1 N–H and O–H groups in total. The summed E-state index contributed by atoms with van der Waals surface area (Å²) in [5.74, 6) is -2.13. The van der Waals surface area contributed by atoms with Gasteiger partial charge in [0.15, 0.2) is 5.78 Å². The molecule has 32 heavy (non-hydrogen) atoms. The van der Waals surface area contributed by atoms with E-state index in [1.165, 1.54) is 13.2 Å². The molecule has 0 saturated heterocycles. The summed E-state index contributed by atoms with van der Waals surface area (Å²) in [5, 5.41) is 10.0. The number of benzene rings is 2. The lowest BCUT2D eigenvalue weighted by atomic mass is 9.86. The summed E-state index contributed by atoms with van der Waals surface area (Å²) in [6.45, 7) is 3.82. The van der Waals surface area contributed by atoms with E-state index in [2.05, 4.69) is 0 Å². The molecule has 0 aromatic heterocycles. The number of carbonyl (C=O) groups excluding carboxylic acids is 2. The van der Waals surface area contributed by atoms with Gasteiger partial charge in [0.2, 0.25) is 0 Å². The number of halogens is 2. The molecular weight excluding hydrogens is 456 g/mol. The second-order valence-electron chi connectivity index (χ2n) is 8.07. The lowest BCUT2D eigenvalue weighted by Gasteiger charge is -2.41. The molecule has 6 nitrogen and oxygen atoms in total. The van der Waals surface area contributed by atoms with Crippen molar-refractivity contribution in [3.05, 3.63) is 57.9 Å². The van der Waals surface area contributed by atoms with Crippen molar-refractivity contribution in [2.45, 2.75) is 26.3 Å². The van der Waals surface area contributed by atoms with E-state index in [0.717, 1.165) is 0 Å². The highest BCUT2D eigenvalue weighted by molar-refractivity contribution is 7.10. The van der Waals surface area contributed by atoms with Crippen molar-refractivity contribution in [2.75, 3.05) is 25.2 Å². The van der Waals surface area contributed by atoms with Crippen LogP contribution in [0.2, 0.25) is 5.02 Å². The van der Waals surface area contributed by atoms with Crippen molar-refractivity contribution >= 4 is 38.5 Å². The largest absolute Gasteiger partial charge is 0.496 e. The zero-order valence-corrected chi connectivity index (χ0v) is 20.0. The minimum atomic E-state index is -1.04. The smallest absolute Gasteiger partial charge is 0.320 e. The summed E-state index contributed by atoms with van der Waals surface area (Å²) in [5.41, 5.74) is 1.79. The molecular formula is C23H26ClFNO5P. The van der Waals surface area contributed by atoms with Crippen LogP contribution in [0.1, 0.15) is 35.3 Å². The molecule has 1 aliphatic rings. The van der Waals surface area contributed by atoms with Crippen molar-refractivity contribution in [3.8, 4) is 5.75 Å². The minimum absolute atomic E-state index is 0.00709. The predicted octanol–water partition coefficient (Wildman–Crippen LogP) is 4.05. The third kappa shape index (κ3) is 4.61. The maximum absolute atomic E-state index is 14.5. The second kappa shape index (κ2) is 10.2. The summed E-state index contributed by atoms with van der Waals surface area (Å²) >= 11 is 5.92. The molecule has 0 radical (unpaired) electrons. The SMILES string of the molecule is COc1cc2c(cc1Cc1cccc(Cl)c1F)C(=O)C(C(=O)OP)CN2C(CO)C(C)C. The minimum Gasteiger partial charge on any atom is -0.496 e. The van der Waals surface area contributed by atoms with Gasteiger partial charge >= 0.3 is 5.97 Å². The topological polar surface area (TPSA) is 76.1 Å². The standard InChI is InChI=1S/C23H26ClFNO5P/c1-12(2)19(11-27)26-10-16(23(29)31-32)22(28)15-8-14(20(30-3)9-18(15)26)7-13-5-4-6-17(24)21(13)25/h4-6,8-9,12,16,19,27H,7,10-11,32H2,1-3H3. The molecule has 172 valence electrons. The molecule has 2 aromatic carbocycles. The van der Waals surface area contributed by atoms with Crippen LogP contribution in [0.5, 0.6) is 5.75 Å². The number of nitrogens with zero attached hydrogens (tertiary/aromatic N) is 1. The van der Waals surface area contributed by atoms with E-state index in [1.807, 2.05) is 28.2 Å². The number of aliphatic hydroxyl groups excluding tert-OH is 1. The lowest BCUT2D eigenvalue weighted by molar-refractivity contribution is -0.135. The van der Waals surface area contributed by atoms with Crippen molar-refractivity contribution in [3.63, 3.8) is 0 Å². The third-order valence-corrected chi connectivity index (χ3v) is 6.36. The monoisotopic (exact) mass is 481 g/mol. The first kappa shape index (κ1) is 24.4. The number of hydrogen-bond acceptors (Lipinski definition) is 6. The summed E-state index contributed by atoms with van der Waals surface area (Å²) in [6, 6.07) is 7.73. The van der Waals surface area contributed by atoms with Crippen molar-refractivity contribution in [2.24, 2.45) is 11.8 Å². The van der Waals surface area contributed by atoms with E-state index in [1.54, 1.807) is 24.3 Å². The van der Waals surface area contributed by atoms with Crippen LogP contribution in [0.3, 0.4) is 0 Å². The molecule has 0 bridgehead atoms. The van der Waals surface area contributed by atoms with E-state index in [4.69, 9.17) is 20.9 Å². The average molecular weight is 482 g/mol. The highest BCUT2D eigenvalue weighted by Crippen LogP contribution is 2.39. The van der Waals surface area contributed by atoms with Crippen LogP contribution in [0.4, 0.5) is 10.1 Å². The summed E-state index contributed by atoms with van der Waals surface area (Å²) in [6.07, 6.45) is 0.141. The number of methoxy groups -OCH3 is 1. The molecule has 0 fully saturated rings. The van der Waals surface area contributed by atoms with Gasteiger partial charge in [-0.15, -0.1) is 0 Å². The Labute approximate surface area is 193 Å². The molecule has 3 rings (SSSR count). The Kier molecular flexibility index (Phi) is 7.75. The summed E-state index contributed by atoms with van der Waals surface area (Å²) in [7, 11) is 3.37. The van der Waals surface area contributed by atoms with Crippen LogP contribution in [-0.2, 0) is 15.7 Å². The molecule has 9 heteroatoms. The number of anilines is 1. The Balaban J connectivity index is 2.16. The number of hydrogen-bond donors (Lipinski definition) is 1. The van der Waals surface area contributed by atoms with Gasteiger partial charge in [-0.05, 0) is 29.2 Å². The van der Waals surface area contributed by atoms with Crippen LogP contribution >= 0.6 is 21.1 Å². The maximum atomic E-state index is 14.5. The van der Waals surface area contributed by atoms with E-state index in [0.29, 0.717) is 28.1 Å². The van der Waals surface area contributed by atoms with Gasteiger partial charge in [-0.3, -0.25) is 9.59 Å². The van der Waals surface area contributed by atoms with E-state index in [9.17, 15) is 19.1 Å². The zero-order valence-electron chi connectivity index (χ0n) is 18.1. The Bertz CT molecular complexity index is 1030. The number of carbonyl (C=O) groups is 2. The fourth-order valence-corrected chi connectivity index (χ4v) is 4.44. The van der Waals surface area contributed by atoms with Gasteiger partial charge in [0.05, 0.1) is 39.9 Å². The highest BCUT2D eigenvalue weighted by atomic mass is 35.5. The number of ketones is 1. The van der Waals surface area contributed by atoms with E-state index < -0.39 is 17.7 Å².